The molecule has 0 unspecified atom stereocenters. The van der Waals surface area contributed by atoms with E-state index in [-0.39, 0.29) is 16.5 Å². The summed E-state index contributed by atoms with van der Waals surface area (Å²) in [6, 6.07) is 24.4. The zero-order valence-corrected chi connectivity index (χ0v) is 20.4. The van der Waals surface area contributed by atoms with E-state index >= 15 is 0 Å². The minimum absolute atomic E-state index is 0.228. The van der Waals surface area contributed by atoms with E-state index in [1.165, 1.54) is 18.7 Å². The van der Waals surface area contributed by atoms with Gasteiger partial charge in [0, 0.05) is 23.5 Å². The van der Waals surface area contributed by atoms with Gasteiger partial charge >= 0.3 is 0 Å². The molecule has 0 radical (unpaired) electrons. The molecule has 0 bridgehead atoms. The molecule has 0 aliphatic rings. The lowest BCUT2D eigenvalue weighted by atomic mass is 10.0. The molecule has 0 fully saturated rings. The Balaban J connectivity index is 1.15. The summed E-state index contributed by atoms with van der Waals surface area (Å²) in [5.74, 6) is 0.656. The van der Waals surface area contributed by atoms with Gasteiger partial charge in [-0.3, -0.25) is 0 Å². The number of hydrogen-bond donors (Lipinski definition) is 1. The van der Waals surface area contributed by atoms with E-state index in [4.69, 9.17) is 4.42 Å². The maximum absolute atomic E-state index is 12.7. The summed E-state index contributed by atoms with van der Waals surface area (Å²) < 4.78 is 31.4. The van der Waals surface area contributed by atoms with Crippen LogP contribution in [0.4, 0.5) is 11.5 Å². The molecule has 0 spiro atoms. The van der Waals surface area contributed by atoms with Gasteiger partial charge in [0.05, 0.1) is 4.90 Å². The van der Waals surface area contributed by atoms with Gasteiger partial charge < -0.3 is 9.73 Å². The molecular formula is C28H21N5O3S. The van der Waals surface area contributed by atoms with Crippen molar-refractivity contribution in [1.82, 2.24) is 19.9 Å². The van der Waals surface area contributed by atoms with Crippen molar-refractivity contribution in [2.45, 2.75) is 17.1 Å². The lowest BCUT2D eigenvalue weighted by Crippen LogP contribution is -2.07. The maximum Gasteiger partial charge on any atom is 0.196 e. The van der Waals surface area contributed by atoms with Gasteiger partial charge in [0.15, 0.2) is 21.2 Å². The number of para-hydroxylation sites is 1. The Morgan fingerprint density at radius 3 is 2.22 bits per heavy atom. The Hall–Kier alpha value is -4.63. The SMILES string of the molecule is O=S(=O)(Cc1ncccn1)c1ccc(Cc2ccc(Nc3ncnc4c3oc3ccccc34)cc2)cc1. The zero-order chi connectivity index (χ0) is 25.2. The molecule has 0 aliphatic carbocycles. The third-order valence-corrected chi connectivity index (χ3v) is 7.63. The highest BCUT2D eigenvalue weighted by molar-refractivity contribution is 7.90. The van der Waals surface area contributed by atoms with E-state index in [1.807, 2.05) is 60.7 Å². The molecule has 0 saturated carbocycles. The van der Waals surface area contributed by atoms with Crippen LogP contribution in [-0.4, -0.2) is 28.4 Å². The molecule has 0 amide bonds. The van der Waals surface area contributed by atoms with Crippen molar-refractivity contribution in [3.8, 4) is 0 Å². The van der Waals surface area contributed by atoms with Crippen molar-refractivity contribution in [2.75, 3.05) is 5.32 Å². The fourth-order valence-electron chi connectivity index (χ4n) is 4.16. The van der Waals surface area contributed by atoms with Crippen LogP contribution in [-0.2, 0) is 22.0 Å². The molecule has 3 heterocycles. The minimum Gasteiger partial charge on any atom is -0.450 e. The van der Waals surface area contributed by atoms with Gasteiger partial charge in [-0.1, -0.05) is 36.4 Å². The zero-order valence-electron chi connectivity index (χ0n) is 19.6. The van der Waals surface area contributed by atoms with Gasteiger partial charge in [-0.15, -0.1) is 0 Å². The second-order valence-electron chi connectivity index (χ2n) is 8.56. The van der Waals surface area contributed by atoms with Crippen LogP contribution in [0.25, 0.3) is 22.1 Å². The Kier molecular flexibility index (Phi) is 5.82. The van der Waals surface area contributed by atoms with Crippen molar-refractivity contribution >= 4 is 43.4 Å². The fourth-order valence-corrected chi connectivity index (χ4v) is 5.37. The first kappa shape index (κ1) is 22.8. The predicted molar refractivity (Wildman–Crippen MR) is 141 cm³/mol. The number of benzene rings is 3. The summed E-state index contributed by atoms with van der Waals surface area (Å²) in [7, 11) is -3.51. The van der Waals surface area contributed by atoms with Crippen molar-refractivity contribution in [3.05, 3.63) is 115 Å². The van der Waals surface area contributed by atoms with Crippen LogP contribution in [0.5, 0.6) is 0 Å². The van der Waals surface area contributed by atoms with E-state index in [9.17, 15) is 8.42 Å². The molecule has 37 heavy (non-hydrogen) atoms. The van der Waals surface area contributed by atoms with Crippen LogP contribution < -0.4 is 5.32 Å². The van der Waals surface area contributed by atoms with Crippen LogP contribution in [0.1, 0.15) is 17.0 Å². The average Bonchev–Trinajstić information content (AvgIpc) is 3.30. The number of rotatable bonds is 7. The van der Waals surface area contributed by atoms with Gasteiger partial charge in [-0.05, 0) is 60.0 Å². The minimum atomic E-state index is -3.51. The maximum atomic E-state index is 12.7. The molecule has 9 heteroatoms. The number of fused-ring (bicyclic) bond motifs is 3. The van der Waals surface area contributed by atoms with E-state index < -0.39 is 9.84 Å². The molecular weight excluding hydrogens is 486 g/mol. The summed E-state index contributed by atoms with van der Waals surface area (Å²) in [5.41, 5.74) is 5.12. The van der Waals surface area contributed by atoms with Gasteiger partial charge in [0.25, 0.3) is 0 Å². The number of sulfone groups is 1. The third-order valence-electron chi connectivity index (χ3n) is 6.00. The number of anilines is 2. The van der Waals surface area contributed by atoms with Crippen molar-refractivity contribution in [1.29, 1.82) is 0 Å². The molecule has 182 valence electrons. The molecule has 0 saturated heterocycles. The molecule has 6 aromatic rings. The predicted octanol–water partition coefficient (Wildman–Crippen LogP) is 5.47. The van der Waals surface area contributed by atoms with Crippen LogP contribution in [0.15, 0.2) is 107 Å². The molecule has 0 atom stereocenters. The summed E-state index contributed by atoms with van der Waals surface area (Å²) >= 11 is 0. The Morgan fingerprint density at radius 2 is 1.46 bits per heavy atom. The Labute approximate surface area is 213 Å². The average molecular weight is 508 g/mol. The number of nitrogens with zero attached hydrogens (tertiary/aromatic N) is 4. The normalized spacial score (nSPS) is 11.7. The van der Waals surface area contributed by atoms with Crippen LogP contribution >= 0.6 is 0 Å². The van der Waals surface area contributed by atoms with E-state index in [0.29, 0.717) is 17.8 Å². The first-order valence-corrected chi connectivity index (χ1v) is 13.3. The molecule has 6 rings (SSSR count). The lowest BCUT2D eigenvalue weighted by Gasteiger charge is -2.08. The van der Waals surface area contributed by atoms with Gasteiger partial charge in [0.2, 0.25) is 0 Å². The third kappa shape index (κ3) is 4.76. The second kappa shape index (κ2) is 9.44. The van der Waals surface area contributed by atoms with Gasteiger partial charge in [-0.25, -0.2) is 28.4 Å². The van der Waals surface area contributed by atoms with Crippen molar-refractivity contribution in [3.63, 3.8) is 0 Å². The lowest BCUT2D eigenvalue weighted by molar-refractivity contribution is 0.593. The molecule has 3 aromatic heterocycles. The first-order valence-electron chi connectivity index (χ1n) is 11.6. The molecule has 1 N–H and O–H groups in total. The quantitative estimate of drug-likeness (QED) is 0.303. The topological polar surface area (TPSA) is 111 Å². The van der Waals surface area contributed by atoms with Crippen LogP contribution in [0.2, 0.25) is 0 Å². The highest BCUT2D eigenvalue weighted by Gasteiger charge is 2.17. The van der Waals surface area contributed by atoms with E-state index in [2.05, 4.69) is 25.3 Å². The summed E-state index contributed by atoms with van der Waals surface area (Å²) in [6.07, 6.45) is 5.27. The van der Waals surface area contributed by atoms with E-state index in [0.717, 1.165) is 33.3 Å². The summed E-state index contributed by atoms with van der Waals surface area (Å²) in [5, 5.41) is 4.27. The standard InChI is InChI=1S/C28H21N5O3S/c34-37(35,17-25-29-14-3-15-30-25)22-12-8-20(9-13-22)16-19-6-10-21(11-7-19)33-28-27-26(31-18-32-28)23-4-1-2-5-24(23)36-27/h1-15,18H,16-17H2,(H,31,32,33). The summed E-state index contributed by atoms with van der Waals surface area (Å²) in [4.78, 5) is 17.0. The molecule has 0 aliphatic heterocycles. The number of hydrogen-bond acceptors (Lipinski definition) is 8. The Bertz CT molecular complexity index is 1800. The largest absolute Gasteiger partial charge is 0.450 e. The number of aromatic nitrogens is 4. The second-order valence-corrected chi connectivity index (χ2v) is 10.6. The van der Waals surface area contributed by atoms with Crippen LogP contribution in [0.3, 0.4) is 0 Å². The van der Waals surface area contributed by atoms with Crippen LogP contribution in [0, 0.1) is 0 Å². The Morgan fingerprint density at radius 1 is 0.757 bits per heavy atom. The smallest absolute Gasteiger partial charge is 0.196 e. The monoisotopic (exact) mass is 507 g/mol. The fraction of sp³-hybridized carbons (Fsp3) is 0.0714. The highest BCUT2D eigenvalue weighted by atomic mass is 32.2. The summed E-state index contributed by atoms with van der Waals surface area (Å²) in [6.45, 7) is 0. The first-order chi connectivity index (χ1) is 18.0. The van der Waals surface area contributed by atoms with E-state index in [1.54, 1.807) is 18.2 Å². The van der Waals surface area contributed by atoms with Gasteiger partial charge in [-0.2, -0.15) is 0 Å². The van der Waals surface area contributed by atoms with Gasteiger partial charge in [0.1, 0.15) is 29.0 Å². The highest BCUT2D eigenvalue weighted by Crippen LogP contribution is 2.31. The number of furan rings is 1. The number of nitrogens with one attached hydrogen (secondary N) is 1. The van der Waals surface area contributed by atoms with Crippen molar-refractivity contribution in [2.24, 2.45) is 0 Å². The van der Waals surface area contributed by atoms with Crippen molar-refractivity contribution < 1.29 is 12.8 Å². The molecule has 3 aromatic carbocycles. The molecule has 8 nitrogen and oxygen atoms in total.